The van der Waals surface area contributed by atoms with Gasteiger partial charge < -0.3 is 5.11 Å². The number of hydrogen-bond donors (Lipinski definition) is 1. The number of carbonyl (C=O) groups is 1. The van der Waals surface area contributed by atoms with Gasteiger partial charge in [0.25, 0.3) is 0 Å². The van der Waals surface area contributed by atoms with E-state index in [2.05, 4.69) is 17.1 Å². The predicted octanol–water partition coefficient (Wildman–Crippen LogP) is 1.45. The van der Waals surface area contributed by atoms with Gasteiger partial charge in [-0.2, -0.15) is 0 Å². The lowest BCUT2D eigenvalue weighted by Gasteiger charge is -2.32. The zero-order chi connectivity index (χ0) is 13.9. The summed E-state index contributed by atoms with van der Waals surface area (Å²) in [6.45, 7) is 1.84. The summed E-state index contributed by atoms with van der Waals surface area (Å²) in [4.78, 5) is 12.6. The molecule has 1 N–H and O–H groups in total. The molecule has 0 bridgehead atoms. The largest absolute Gasteiger partial charge is 0.395 e. The van der Waals surface area contributed by atoms with Crippen molar-refractivity contribution in [1.82, 2.24) is 10.0 Å². The summed E-state index contributed by atoms with van der Waals surface area (Å²) in [7, 11) is 0. The summed E-state index contributed by atoms with van der Waals surface area (Å²) in [5.41, 5.74) is 1.23. The molecule has 2 atom stereocenters. The molecular weight excluding hydrogens is 252 g/mol. The molecule has 4 heteroatoms. The van der Waals surface area contributed by atoms with E-state index in [1.807, 2.05) is 23.2 Å². The van der Waals surface area contributed by atoms with Crippen molar-refractivity contribution >= 4 is 5.91 Å². The molecular formula is C16H22N2O2. The lowest BCUT2D eigenvalue weighted by molar-refractivity contribution is -0.148. The van der Waals surface area contributed by atoms with Gasteiger partial charge in [-0.1, -0.05) is 30.3 Å². The molecule has 4 nitrogen and oxygen atoms in total. The standard InChI is InChI=1S/C16H22N2O2/c19-12-15-7-4-9-17(15)18-10-8-14(16(18)20)11-13-5-2-1-3-6-13/h1-3,5-6,14-15,19H,4,7-12H2/t14-,15+/m1/s1. The number of hydrazine groups is 1. The molecule has 0 saturated carbocycles. The highest BCUT2D eigenvalue weighted by molar-refractivity contribution is 5.80. The minimum Gasteiger partial charge on any atom is -0.395 e. The molecule has 20 heavy (non-hydrogen) atoms. The fraction of sp³-hybridized carbons (Fsp3) is 0.562. The van der Waals surface area contributed by atoms with Gasteiger partial charge in [-0.15, -0.1) is 0 Å². The SMILES string of the molecule is O=C1[C@@H](Cc2ccccc2)CCN1N1CCC[C@H]1CO. The van der Waals surface area contributed by atoms with Crippen LogP contribution in [0.4, 0.5) is 0 Å². The molecule has 2 heterocycles. The minimum absolute atomic E-state index is 0.0948. The lowest BCUT2D eigenvalue weighted by Crippen LogP contribution is -2.48. The highest BCUT2D eigenvalue weighted by Crippen LogP contribution is 2.28. The monoisotopic (exact) mass is 274 g/mol. The van der Waals surface area contributed by atoms with Crippen LogP contribution in [0, 0.1) is 5.92 Å². The molecule has 0 aromatic heterocycles. The van der Waals surface area contributed by atoms with E-state index in [1.165, 1.54) is 5.56 Å². The number of aliphatic hydroxyl groups excluding tert-OH is 1. The van der Waals surface area contributed by atoms with Crippen molar-refractivity contribution in [2.24, 2.45) is 5.92 Å². The molecule has 0 aliphatic carbocycles. The Morgan fingerprint density at radius 3 is 2.70 bits per heavy atom. The molecule has 3 rings (SSSR count). The third-order valence-corrected chi connectivity index (χ3v) is 4.48. The van der Waals surface area contributed by atoms with E-state index >= 15 is 0 Å². The van der Waals surface area contributed by atoms with Gasteiger partial charge in [-0.25, -0.2) is 5.01 Å². The van der Waals surface area contributed by atoms with Crippen molar-refractivity contribution in [3.05, 3.63) is 35.9 Å². The van der Waals surface area contributed by atoms with Gasteiger partial charge >= 0.3 is 0 Å². The number of hydrogen-bond acceptors (Lipinski definition) is 3. The summed E-state index contributed by atoms with van der Waals surface area (Å²) in [5.74, 6) is 0.326. The van der Waals surface area contributed by atoms with Crippen LogP contribution < -0.4 is 0 Å². The van der Waals surface area contributed by atoms with Crippen LogP contribution in [0.15, 0.2) is 30.3 Å². The van der Waals surface area contributed by atoms with Crippen molar-refractivity contribution in [3.8, 4) is 0 Å². The maximum Gasteiger partial charge on any atom is 0.240 e. The van der Waals surface area contributed by atoms with Crippen molar-refractivity contribution in [2.75, 3.05) is 19.7 Å². The van der Waals surface area contributed by atoms with E-state index in [0.29, 0.717) is 0 Å². The smallest absolute Gasteiger partial charge is 0.240 e. The highest BCUT2D eigenvalue weighted by atomic mass is 16.3. The Morgan fingerprint density at radius 2 is 1.95 bits per heavy atom. The Morgan fingerprint density at radius 1 is 1.15 bits per heavy atom. The fourth-order valence-electron chi connectivity index (χ4n) is 3.39. The van der Waals surface area contributed by atoms with Crippen LogP contribution in [-0.2, 0) is 11.2 Å². The first kappa shape index (κ1) is 13.6. The number of carbonyl (C=O) groups excluding carboxylic acids is 1. The number of amides is 1. The summed E-state index contributed by atoms with van der Waals surface area (Å²) >= 11 is 0. The fourth-order valence-corrected chi connectivity index (χ4v) is 3.39. The quantitative estimate of drug-likeness (QED) is 0.904. The van der Waals surface area contributed by atoms with E-state index in [0.717, 1.165) is 38.8 Å². The lowest BCUT2D eigenvalue weighted by atomic mass is 9.98. The minimum atomic E-state index is 0.0948. The highest BCUT2D eigenvalue weighted by Gasteiger charge is 2.39. The molecule has 0 radical (unpaired) electrons. The normalized spacial score (nSPS) is 27.4. The molecule has 108 valence electrons. The van der Waals surface area contributed by atoms with Gasteiger partial charge in [0.15, 0.2) is 0 Å². The van der Waals surface area contributed by atoms with Gasteiger partial charge in [0.2, 0.25) is 5.91 Å². The average Bonchev–Trinajstić information content (AvgIpc) is 3.07. The maximum atomic E-state index is 12.6. The summed E-state index contributed by atoms with van der Waals surface area (Å²) < 4.78 is 0. The van der Waals surface area contributed by atoms with E-state index in [9.17, 15) is 9.90 Å². The first-order chi connectivity index (χ1) is 9.79. The first-order valence-electron chi connectivity index (χ1n) is 7.52. The van der Waals surface area contributed by atoms with Crippen LogP contribution in [0.5, 0.6) is 0 Å². The molecule has 1 aromatic carbocycles. The second kappa shape index (κ2) is 5.94. The molecule has 2 aliphatic rings. The Labute approximate surface area is 120 Å². The second-order valence-electron chi connectivity index (χ2n) is 5.78. The van der Waals surface area contributed by atoms with Crippen molar-refractivity contribution in [2.45, 2.75) is 31.7 Å². The summed E-state index contributed by atoms with van der Waals surface area (Å²) in [5, 5.41) is 13.4. The molecule has 2 saturated heterocycles. The Hall–Kier alpha value is -1.39. The van der Waals surface area contributed by atoms with Crippen molar-refractivity contribution in [1.29, 1.82) is 0 Å². The zero-order valence-electron chi connectivity index (χ0n) is 11.7. The van der Waals surface area contributed by atoms with E-state index in [-0.39, 0.29) is 24.5 Å². The van der Waals surface area contributed by atoms with Gasteiger partial charge in [0, 0.05) is 19.0 Å². The topological polar surface area (TPSA) is 43.8 Å². The number of aliphatic hydroxyl groups is 1. The van der Waals surface area contributed by atoms with Crippen LogP contribution in [0.25, 0.3) is 0 Å². The maximum absolute atomic E-state index is 12.6. The Bertz CT molecular complexity index is 463. The molecule has 1 amide bonds. The van der Waals surface area contributed by atoms with Crippen molar-refractivity contribution < 1.29 is 9.90 Å². The molecule has 2 aliphatic heterocycles. The second-order valence-corrected chi connectivity index (χ2v) is 5.78. The first-order valence-corrected chi connectivity index (χ1v) is 7.52. The number of nitrogens with zero attached hydrogens (tertiary/aromatic N) is 2. The number of rotatable bonds is 4. The summed E-state index contributed by atoms with van der Waals surface area (Å²) in [6, 6.07) is 10.4. The third kappa shape index (κ3) is 2.58. The van der Waals surface area contributed by atoms with Crippen LogP contribution in [0.3, 0.4) is 0 Å². The molecule has 0 spiro atoms. The predicted molar refractivity (Wildman–Crippen MR) is 76.8 cm³/mol. The average molecular weight is 274 g/mol. The molecule has 2 fully saturated rings. The van der Waals surface area contributed by atoms with Gasteiger partial charge in [-0.3, -0.25) is 9.80 Å². The zero-order valence-corrected chi connectivity index (χ0v) is 11.7. The Kier molecular flexibility index (Phi) is 4.03. The third-order valence-electron chi connectivity index (χ3n) is 4.48. The van der Waals surface area contributed by atoms with E-state index in [1.54, 1.807) is 0 Å². The van der Waals surface area contributed by atoms with E-state index in [4.69, 9.17) is 0 Å². The van der Waals surface area contributed by atoms with Gasteiger partial charge in [-0.05, 0) is 31.2 Å². The van der Waals surface area contributed by atoms with Crippen LogP contribution >= 0.6 is 0 Å². The molecule has 1 aromatic rings. The Balaban J connectivity index is 1.65. The summed E-state index contributed by atoms with van der Waals surface area (Å²) in [6.07, 6.45) is 3.80. The van der Waals surface area contributed by atoms with Crippen molar-refractivity contribution in [3.63, 3.8) is 0 Å². The van der Waals surface area contributed by atoms with Crippen LogP contribution in [0.2, 0.25) is 0 Å². The van der Waals surface area contributed by atoms with Gasteiger partial charge in [0.1, 0.15) is 0 Å². The number of benzene rings is 1. The van der Waals surface area contributed by atoms with Crippen LogP contribution in [-0.4, -0.2) is 46.8 Å². The van der Waals surface area contributed by atoms with E-state index < -0.39 is 0 Å². The molecule has 0 unspecified atom stereocenters. The van der Waals surface area contributed by atoms with Gasteiger partial charge in [0.05, 0.1) is 12.6 Å². The van der Waals surface area contributed by atoms with Crippen LogP contribution in [0.1, 0.15) is 24.8 Å².